The summed E-state index contributed by atoms with van der Waals surface area (Å²) in [6.07, 6.45) is 3.59. The molecule has 0 spiro atoms. The maximum absolute atomic E-state index is 10.5. The Labute approximate surface area is 92.7 Å². The van der Waals surface area contributed by atoms with Gasteiger partial charge in [0.1, 0.15) is 0 Å². The second kappa shape index (κ2) is 4.48. The summed E-state index contributed by atoms with van der Waals surface area (Å²) < 4.78 is 0. The van der Waals surface area contributed by atoms with Crippen LogP contribution in [0.15, 0.2) is 36.7 Å². The third-order valence-electron chi connectivity index (χ3n) is 2.25. The molecule has 0 atom stereocenters. The van der Waals surface area contributed by atoms with Crippen molar-refractivity contribution in [1.82, 2.24) is 15.5 Å². The summed E-state index contributed by atoms with van der Waals surface area (Å²) in [5, 5.41) is 9.18. The molecule has 5 heteroatoms. The van der Waals surface area contributed by atoms with Crippen molar-refractivity contribution in [2.24, 2.45) is 5.73 Å². The maximum atomic E-state index is 10.5. The Morgan fingerprint density at radius 3 is 2.62 bits per heavy atom. The van der Waals surface area contributed by atoms with Gasteiger partial charge in [0.15, 0.2) is 0 Å². The van der Waals surface area contributed by atoms with Crippen molar-refractivity contribution in [3.05, 3.63) is 42.2 Å². The molecule has 4 N–H and O–H groups in total. The zero-order valence-corrected chi connectivity index (χ0v) is 8.60. The molecule has 16 heavy (non-hydrogen) atoms. The van der Waals surface area contributed by atoms with Crippen LogP contribution in [0.2, 0.25) is 0 Å². The fourth-order valence-corrected chi connectivity index (χ4v) is 1.41. The second-order valence-electron chi connectivity index (χ2n) is 3.40. The molecule has 1 aromatic carbocycles. The van der Waals surface area contributed by atoms with Gasteiger partial charge in [-0.05, 0) is 11.1 Å². The summed E-state index contributed by atoms with van der Waals surface area (Å²) in [5.41, 5.74) is 8.11. The van der Waals surface area contributed by atoms with E-state index in [2.05, 4.69) is 15.5 Å². The number of nitrogens with two attached hydrogens (primary N) is 1. The van der Waals surface area contributed by atoms with Crippen LogP contribution in [0.3, 0.4) is 0 Å². The first-order valence-electron chi connectivity index (χ1n) is 4.87. The molecule has 0 fully saturated rings. The van der Waals surface area contributed by atoms with E-state index in [0.29, 0.717) is 6.54 Å². The van der Waals surface area contributed by atoms with Crippen LogP contribution < -0.4 is 11.1 Å². The van der Waals surface area contributed by atoms with Crippen molar-refractivity contribution in [1.29, 1.82) is 0 Å². The lowest BCUT2D eigenvalue weighted by atomic mass is 10.1. The van der Waals surface area contributed by atoms with Crippen molar-refractivity contribution >= 4 is 6.03 Å². The number of aromatic amines is 1. The summed E-state index contributed by atoms with van der Waals surface area (Å²) in [6.45, 7) is 0.445. The van der Waals surface area contributed by atoms with Gasteiger partial charge in [-0.2, -0.15) is 5.10 Å². The first-order chi connectivity index (χ1) is 7.75. The number of H-pyrrole nitrogens is 1. The summed E-state index contributed by atoms with van der Waals surface area (Å²) in [6, 6.07) is 7.32. The highest BCUT2D eigenvalue weighted by Gasteiger charge is 1.99. The highest BCUT2D eigenvalue weighted by molar-refractivity contribution is 5.71. The van der Waals surface area contributed by atoms with Gasteiger partial charge in [-0.15, -0.1) is 0 Å². The summed E-state index contributed by atoms with van der Waals surface area (Å²) in [7, 11) is 0. The molecule has 0 aliphatic rings. The molecular weight excluding hydrogens is 204 g/mol. The van der Waals surface area contributed by atoms with Crippen molar-refractivity contribution in [2.75, 3.05) is 0 Å². The molecule has 0 aliphatic heterocycles. The van der Waals surface area contributed by atoms with Crippen LogP contribution in [0.5, 0.6) is 0 Å². The van der Waals surface area contributed by atoms with E-state index in [1.165, 1.54) is 0 Å². The minimum absolute atomic E-state index is 0.445. The van der Waals surface area contributed by atoms with Crippen molar-refractivity contribution < 1.29 is 4.79 Å². The molecule has 0 bridgehead atoms. The van der Waals surface area contributed by atoms with E-state index < -0.39 is 6.03 Å². The number of carbonyl (C=O) groups excluding carboxylic acids is 1. The Morgan fingerprint density at radius 2 is 2.06 bits per heavy atom. The number of urea groups is 1. The molecule has 1 heterocycles. The normalized spacial score (nSPS) is 10.0. The number of rotatable bonds is 3. The lowest BCUT2D eigenvalue weighted by molar-refractivity contribution is 0.248. The highest BCUT2D eigenvalue weighted by Crippen LogP contribution is 2.17. The number of primary amides is 1. The van der Waals surface area contributed by atoms with Crippen LogP contribution >= 0.6 is 0 Å². The largest absolute Gasteiger partial charge is 0.352 e. The van der Waals surface area contributed by atoms with Crippen LogP contribution in [0.4, 0.5) is 4.79 Å². The number of amides is 2. The summed E-state index contributed by atoms with van der Waals surface area (Å²) >= 11 is 0. The molecule has 0 saturated carbocycles. The van der Waals surface area contributed by atoms with Crippen LogP contribution in [0.25, 0.3) is 11.1 Å². The van der Waals surface area contributed by atoms with Crippen molar-refractivity contribution in [3.63, 3.8) is 0 Å². The monoisotopic (exact) mass is 216 g/mol. The zero-order chi connectivity index (χ0) is 11.4. The minimum Gasteiger partial charge on any atom is -0.352 e. The Morgan fingerprint density at radius 1 is 1.31 bits per heavy atom. The Hall–Kier alpha value is -2.30. The molecule has 2 amide bonds. The lowest BCUT2D eigenvalue weighted by Crippen LogP contribution is -2.28. The maximum Gasteiger partial charge on any atom is 0.312 e. The fourth-order valence-electron chi connectivity index (χ4n) is 1.41. The number of nitrogens with one attached hydrogen (secondary N) is 2. The van der Waals surface area contributed by atoms with Crippen molar-refractivity contribution in [2.45, 2.75) is 6.54 Å². The molecule has 2 rings (SSSR count). The van der Waals surface area contributed by atoms with Gasteiger partial charge in [-0.1, -0.05) is 24.3 Å². The predicted molar refractivity (Wildman–Crippen MR) is 60.4 cm³/mol. The van der Waals surface area contributed by atoms with Gasteiger partial charge >= 0.3 is 6.03 Å². The van der Waals surface area contributed by atoms with Crippen LogP contribution in [0.1, 0.15) is 5.56 Å². The molecule has 0 unspecified atom stereocenters. The van der Waals surface area contributed by atoms with Gasteiger partial charge in [0.05, 0.1) is 6.20 Å². The van der Waals surface area contributed by atoms with E-state index in [-0.39, 0.29) is 0 Å². The molecule has 0 radical (unpaired) electrons. The van der Waals surface area contributed by atoms with E-state index in [1.807, 2.05) is 30.5 Å². The third kappa shape index (κ3) is 2.38. The van der Waals surface area contributed by atoms with E-state index in [4.69, 9.17) is 5.73 Å². The number of aromatic nitrogens is 2. The standard InChI is InChI=1S/C11H12N4O/c12-11(16)13-5-8-1-3-9(4-2-8)10-6-14-15-7-10/h1-4,6-7H,5H2,(H,14,15)(H3,12,13,16). The number of hydrogen-bond acceptors (Lipinski definition) is 2. The zero-order valence-electron chi connectivity index (χ0n) is 8.60. The van der Waals surface area contributed by atoms with Crippen molar-refractivity contribution in [3.8, 4) is 11.1 Å². The third-order valence-corrected chi connectivity index (χ3v) is 2.25. The number of nitrogens with zero attached hydrogens (tertiary/aromatic N) is 1. The molecular formula is C11H12N4O. The van der Waals surface area contributed by atoms with Gasteiger partial charge in [0.25, 0.3) is 0 Å². The first kappa shape index (κ1) is 10.2. The van der Waals surface area contributed by atoms with E-state index in [1.54, 1.807) is 6.20 Å². The molecule has 1 aromatic heterocycles. The second-order valence-corrected chi connectivity index (χ2v) is 3.40. The molecule has 0 aliphatic carbocycles. The van der Waals surface area contributed by atoms with E-state index in [0.717, 1.165) is 16.7 Å². The predicted octanol–water partition coefficient (Wildman–Crippen LogP) is 1.24. The van der Waals surface area contributed by atoms with Gasteiger partial charge in [-0.3, -0.25) is 5.10 Å². The Bertz CT molecular complexity index is 461. The lowest BCUT2D eigenvalue weighted by Gasteiger charge is -2.03. The summed E-state index contributed by atoms with van der Waals surface area (Å²) in [5.74, 6) is 0. The van der Waals surface area contributed by atoms with Crippen LogP contribution in [0, 0.1) is 0 Å². The molecule has 0 saturated heterocycles. The molecule has 82 valence electrons. The van der Waals surface area contributed by atoms with Gasteiger partial charge < -0.3 is 11.1 Å². The minimum atomic E-state index is -0.515. The highest BCUT2D eigenvalue weighted by atomic mass is 16.2. The first-order valence-corrected chi connectivity index (χ1v) is 4.87. The number of hydrogen-bond donors (Lipinski definition) is 3. The Kier molecular flexibility index (Phi) is 2.86. The smallest absolute Gasteiger partial charge is 0.312 e. The number of carbonyl (C=O) groups is 1. The van der Waals surface area contributed by atoms with Gasteiger partial charge in [0, 0.05) is 18.3 Å². The number of benzene rings is 1. The van der Waals surface area contributed by atoms with Gasteiger partial charge in [0.2, 0.25) is 0 Å². The van der Waals surface area contributed by atoms with E-state index >= 15 is 0 Å². The fraction of sp³-hybridized carbons (Fsp3) is 0.0909. The SMILES string of the molecule is NC(=O)NCc1ccc(-c2cn[nH]c2)cc1. The molecule has 5 nitrogen and oxygen atoms in total. The van der Waals surface area contributed by atoms with Crippen LogP contribution in [-0.4, -0.2) is 16.2 Å². The average Bonchev–Trinajstić information content (AvgIpc) is 2.80. The average molecular weight is 216 g/mol. The Balaban J connectivity index is 2.08. The van der Waals surface area contributed by atoms with E-state index in [9.17, 15) is 4.79 Å². The molecule has 2 aromatic rings. The topological polar surface area (TPSA) is 83.8 Å². The van der Waals surface area contributed by atoms with Crippen LogP contribution in [-0.2, 0) is 6.54 Å². The summed E-state index contributed by atoms with van der Waals surface area (Å²) in [4.78, 5) is 10.5. The van der Waals surface area contributed by atoms with Gasteiger partial charge in [-0.25, -0.2) is 4.79 Å². The quantitative estimate of drug-likeness (QED) is 0.721.